The molecule has 4 heteroatoms. The van der Waals surface area contributed by atoms with Gasteiger partial charge in [0.05, 0.1) is 0 Å². The van der Waals surface area contributed by atoms with Gasteiger partial charge in [-0.2, -0.15) is 0 Å². The molecule has 1 amide bonds. The van der Waals surface area contributed by atoms with Gasteiger partial charge in [-0.25, -0.2) is 0 Å². The molecule has 0 spiro atoms. The van der Waals surface area contributed by atoms with E-state index in [1.165, 1.54) is 19.3 Å². The maximum absolute atomic E-state index is 12.1. The molecular formula is C17H25ClN2O. The number of halogens is 1. The number of hydrogen-bond acceptors (Lipinski definition) is 2. The Labute approximate surface area is 132 Å². The van der Waals surface area contributed by atoms with Crippen molar-refractivity contribution in [2.24, 2.45) is 11.7 Å². The second-order valence-corrected chi connectivity index (χ2v) is 6.60. The predicted octanol–water partition coefficient (Wildman–Crippen LogP) is 4.36. The summed E-state index contributed by atoms with van der Waals surface area (Å²) in [6, 6.07) is 7.47. The zero-order valence-electron chi connectivity index (χ0n) is 12.7. The third-order valence-electron chi connectivity index (χ3n) is 4.59. The topological polar surface area (TPSA) is 55.1 Å². The van der Waals surface area contributed by atoms with Gasteiger partial charge >= 0.3 is 0 Å². The lowest BCUT2D eigenvalue weighted by Crippen LogP contribution is -2.50. The molecule has 2 rings (SSSR count). The van der Waals surface area contributed by atoms with Crippen molar-refractivity contribution < 1.29 is 4.79 Å². The molecule has 0 radical (unpaired) electrons. The van der Waals surface area contributed by atoms with Crippen molar-refractivity contribution in [2.45, 2.75) is 57.4 Å². The summed E-state index contributed by atoms with van der Waals surface area (Å²) in [6.45, 7) is 2.22. The zero-order valence-corrected chi connectivity index (χ0v) is 13.5. The largest absolute Gasteiger partial charge is 0.371 e. The number of rotatable bonds is 5. The van der Waals surface area contributed by atoms with E-state index in [1.807, 2.05) is 24.3 Å². The Kier molecular flexibility index (Phi) is 5.51. The molecule has 1 aromatic rings. The summed E-state index contributed by atoms with van der Waals surface area (Å²) in [5.74, 6) is 0.484. The van der Waals surface area contributed by atoms with Gasteiger partial charge in [0, 0.05) is 10.7 Å². The molecule has 1 aliphatic rings. The molecule has 1 saturated carbocycles. The molecule has 0 heterocycles. The van der Waals surface area contributed by atoms with Gasteiger partial charge in [0.25, 0.3) is 0 Å². The van der Waals surface area contributed by atoms with E-state index in [1.54, 1.807) is 0 Å². The Morgan fingerprint density at radius 3 is 2.67 bits per heavy atom. The molecule has 1 fully saturated rings. The summed E-state index contributed by atoms with van der Waals surface area (Å²) >= 11 is 5.91. The third-order valence-corrected chi connectivity index (χ3v) is 4.84. The third kappa shape index (κ3) is 4.13. The first kappa shape index (κ1) is 16.2. The number of benzene rings is 1. The van der Waals surface area contributed by atoms with Crippen molar-refractivity contribution in [1.29, 1.82) is 0 Å². The fraction of sp³-hybridized carbons (Fsp3) is 0.588. The van der Waals surface area contributed by atoms with Crippen LogP contribution in [0.15, 0.2) is 24.3 Å². The SMILES string of the molecule is CCCC1CCCC(Nc2ccc(Cl)cc2)(C(N)=O)CC1. The second-order valence-electron chi connectivity index (χ2n) is 6.16. The summed E-state index contributed by atoms with van der Waals surface area (Å²) < 4.78 is 0. The number of nitrogens with two attached hydrogens (primary N) is 1. The number of carbonyl (C=O) groups excluding carboxylic acids is 1. The quantitative estimate of drug-likeness (QED) is 0.794. The first-order valence-electron chi connectivity index (χ1n) is 7.89. The fourth-order valence-electron chi connectivity index (χ4n) is 3.35. The molecule has 0 aromatic heterocycles. The van der Waals surface area contributed by atoms with E-state index >= 15 is 0 Å². The van der Waals surface area contributed by atoms with Crippen molar-refractivity contribution in [2.75, 3.05) is 5.32 Å². The molecule has 116 valence electrons. The van der Waals surface area contributed by atoms with Gasteiger partial charge < -0.3 is 11.1 Å². The van der Waals surface area contributed by atoms with Gasteiger partial charge in [-0.05, 0) is 49.4 Å². The minimum atomic E-state index is -0.615. The number of primary amides is 1. The van der Waals surface area contributed by atoms with Crippen molar-refractivity contribution in [1.82, 2.24) is 0 Å². The number of carbonyl (C=O) groups is 1. The summed E-state index contributed by atoms with van der Waals surface area (Å²) in [4.78, 5) is 12.1. The minimum Gasteiger partial charge on any atom is -0.371 e. The minimum absolute atomic E-state index is 0.241. The number of hydrogen-bond donors (Lipinski definition) is 2. The first-order chi connectivity index (χ1) is 10.1. The number of anilines is 1. The molecule has 2 unspecified atom stereocenters. The van der Waals surface area contributed by atoms with Gasteiger partial charge in [-0.15, -0.1) is 0 Å². The molecule has 0 bridgehead atoms. The van der Waals surface area contributed by atoms with Crippen LogP contribution in [-0.2, 0) is 4.79 Å². The maximum atomic E-state index is 12.1. The summed E-state index contributed by atoms with van der Waals surface area (Å²) in [5.41, 5.74) is 6.04. The molecule has 0 saturated heterocycles. The van der Waals surface area contributed by atoms with Gasteiger partial charge in [-0.1, -0.05) is 44.2 Å². The second kappa shape index (κ2) is 7.17. The molecule has 1 aromatic carbocycles. The molecule has 0 aliphatic heterocycles. The molecule has 3 nitrogen and oxygen atoms in total. The normalized spacial score (nSPS) is 26.1. The van der Waals surface area contributed by atoms with E-state index in [9.17, 15) is 4.79 Å². The van der Waals surface area contributed by atoms with Crippen LogP contribution in [0.25, 0.3) is 0 Å². The van der Waals surface area contributed by atoms with Crippen molar-refractivity contribution in [3.63, 3.8) is 0 Å². The highest BCUT2D eigenvalue weighted by Crippen LogP contribution is 2.35. The van der Waals surface area contributed by atoms with Crippen LogP contribution in [0.4, 0.5) is 5.69 Å². The lowest BCUT2D eigenvalue weighted by Gasteiger charge is -2.32. The highest BCUT2D eigenvalue weighted by molar-refractivity contribution is 6.30. The van der Waals surface area contributed by atoms with E-state index in [0.29, 0.717) is 5.02 Å². The van der Waals surface area contributed by atoms with Crippen LogP contribution in [0, 0.1) is 5.92 Å². The van der Waals surface area contributed by atoms with Gasteiger partial charge in [-0.3, -0.25) is 4.79 Å². The Balaban J connectivity index is 2.13. The Hall–Kier alpha value is -1.22. The van der Waals surface area contributed by atoms with Gasteiger partial charge in [0.1, 0.15) is 5.54 Å². The fourth-order valence-corrected chi connectivity index (χ4v) is 3.48. The van der Waals surface area contributed by atoms with Crippen LogP contribution in [0.3, 0.4) is 0 Å². The van der Waals surface area contributed by atoms with E-state index in [-0.39, 0.29) is 5.91 Å². The van der Waals surface area contributed by atoms with Crippen LogP contribution in [-0.4, -0.2) is 11.4 Å². The lowest BCUT2D eigenvalue weighted by atomic mass is 9.88. The van der Waals surface area contributed by atoms with Crippen LogP contribution in [0.1, 0.15) is 51.9 Å². The molecule has 21 heavy (non-hydrogen) atoms. The summed E-state index contributed by atoms with van der Waals surface area (Å²) in [7, 11) is 0. The van der Waals surface area contributed by atoms with Crippen LogP contribution < -0.4 is 11.1 Å². The highest BCUT2D eigenvalue weighted by Gasteiger charge is 2.38. The zero-order chi connectivity index (χ0) is 15.3. The van der Waals surface area contributed by atoms with Crippen molar-refractivity contribution in [3.8, 4) is 0 Å². The predicted molar refractivity (Wildman–Crippen MR) is 88.5 cm³/mol. The van der Waals surface area contributed by atoms with Crippen LogP contribution >= 0.6 is 11.6 Å². The standard InChI is InChI=1S/C17H25ClN2O/c1-2-4-13-5-3-11-17(12-10-13,16(19)21)20-15-8-6-14(18)7-9-15/h6-9,13,20H,2-5,10-12H2,1H3,(H2,19,21). The van der Waals surface area contributed by atoms with E-state index in [0.717, 1.165) is 37.3 Å². The smallest absolute Gasteiger partial charge is 0.243 e. The van der Waals surface area contributed by atoms with Gasteiger partial charge in [0.15, 0.2) is 0 Å². The summed E-state index contributed by atoms with van der Waals surface area (Å²) in [5, 5.41) is 4.08. The molecule has 2 atom stereocenters. The van der Waals surface area contributed by atoms with Crippen molar-refractivity contribution in [3.05, 3.63) is 29.3 Å². The van der Waals surface area contributed by atoms with E-state index in [4.69, 9.17) is 17.3 Å². The Bertz CT molecular complexity index is 474. The van der Waals surface area contributed by atoms with Crippen LogP contribution in [0.5, 0.6) is 0 Å². The summed E-state index contributed by atoms with van der Waals surface area (Å²) in [6.07, 6.45) is 7.40. The average molecular weight is 309 g/mol. The first-order valence-corrected chi connectivity index (χ1v) is 8.27. The lowest BCUT2D eigenvalue weighted by molar-refractivity contribution is -0.122. The highest BCUT2D eigenvalue weighted by atomic mass is 35.5. The van der Waals surface area contributed by atoms with E-state index in [2.05, 4.69) is 12.2 Å². The molecular weight excluding hydrogens is 284 g/mol. The maximum Gasteiger partial charge on any atom is 0.243 e. The number of amides is 1. The Morgan fingerprint density at radius 1 is 1.33 bits per heavy atom. The van der Waals surface area contributed by atoms with Gasteiger partial charge in [0.2, 0.25) is 5.91 Å². The van der Waals surface area contributed by atoms with Crippen molar-refractivity contribution >= 4 is 23.2 Å². The van der Waals surface area contributed by atoms with E-state index < -0.39 is 5.54 Å². The van der Waals surface area contributed by atoms with Crippen LogP contribution in [0.2, 0.25) is 5.02 Å². The average Bonchev–Trinajstić information content (AvgIpc) is 2.66. The molecule has 3 N–H and O–H groups in total. The number of nitrogens with one attached hydrogen (secondary N) is 1. The monoisotopic (exact) mass is 308 g/mol. The molecule has 1 aliphatic carbocycles. The Morgan fingerprint density at radius 2 is 2.05 bits per heavy atom.